The molecule has 5 heteroatoms. The summed E-state index contributed by atoms with van der Waals surface area (Å²) >= 11 is 0. The maximum absolute atomic E-state index is 14.0. The van der Waals surface area contributed by atoms with Crippen molar-refractivity contribution in [2.45, 2.75) is 19.9 Å². The number of aromatic carboxylic acids is 1. The smallest absolute Gasteiger partial charge is 0.335 e. The molecule has 0 amide bonds. The molecule has 0 saturated carbocycles. The molecular weight excluding hydrogens is 237 g/mol. The van der Waals surface area contributed by atoms with Crippen LogP contribution >= 0.6 is 0 Å². The number of fused-ring (bicyclic) bond motifs is 1. The minimum atomic E-state index is -1.20. The fourth-order valence-corrected chi connectivity index (χ4v) is 1.99. The first kappa shape index (κ1) is 12.3. The molecule has 1 aromatic carbocycles. The Morgan fingerprint density at radius 3 is 2.56 bits per heavy atom. The molecule has 4 nitrogen and oxygen atoms in total. The van der Waals surface area contributed by atoms with Gasteiger partial charge >= 0.3 is 5.97 Å². The van der Waals surface area contributed by atoms with Crippen molar-refractivity contribution >= 4 is 16.9 Å². The van der Waals surface area contributed by atoms with Gasteiger partial charge in [0.05, 0.1) is 11.1 Å². The first-order valence-electron chi connectivity index (χ1n) is 5.50. The van der Waals surface area contributed by atoms with Crippen LogP contribution < -0.4 is 5.56 Å². The maximum atomic E-state index is 14.0. The molecule has 0 fully saturated rings. The fourth-order valence-electron chi connectivity index (χ4n) is 1.99. The van der Waals surface area contributed by atoms with E-state index in [1.165, 1.54) is 22.8 Å². The largest absolute Gasteiger partial charge is 0.478 e. The third kappa shape index (κ3) is 1.88. The van der Waals surface area contributed by atoms with E-state index in [2.05, 4.69) is 0 Å². The molecule has 0 aliphatic carbocycles. The molecule has 1 N–H and O–H groups in total. The lowest BCUT2D eigenvalue weighted by Crippen LogP contribution is -2.22. The Bertz CT molecular complexity index is 688. The minimum Gasteiger partial charge on any atom is -0.478 e. The average molecular weight is 249 g/mol. The molecule has 0 unspecified atom stereocenters. The standard InChI is InChI=1S/C13H12FNO3/c1-7(2)15-11(16)4-3-8-5-9(13(17)18)6-10(14)12(8)15/h3-7H,1-2H3,(H,17,18). The van der Waals surface area contributed by atoms with Gasteiger partial charge in [-0.15, -0.1) is 0 Å². The number of benzene rings is 1. The van der Waals surface area contributed by atoms with Crippen LogP contribution in [-0.2, 0) is 0 Å². The van der Waals surface area contributed by atoms with Crippen LogP contribution in [-0.4, -0.2) is 15.6 Å². The predicted molar refractivity (Wildman–Crippen MR) is 65.5 cm³/mol. The van der Waals surface area contributed by atoms with E-state index >= 15 is 0 Å². The van der Waals surface area contributed by atoms with Crippen LogP contribution in [0.4, 0.5) is 4.39 Å². The summed E-state index contributed by atoms with van der Waals surface area (Å²) in [6, 6.07) is 4.84. The highest BCUT2D eigenvalue weighted by Gasteiger charge is 2.14. The van der Waals surface area contributed by atoms with Crippen LogP contribution in [0.3, 0.4) is 0 Å². The lowest BCUT2D eigenvalue weighted by molar-refractivity contribution is 0.0696. The average Bonchev–Trinajstić information content (AvgIpc) is 2.28. The first-order valence-corrected chi connectivity index (χ1v) is 5.50. The van der Waals surface area contributed by atoms with E-state index < -0.39 is 11.8 Å². The third-order valence-corrected chi connectivity index (χ3v) is 2.74. The van der Waals surface area contributed by atoms with Crippen molar-refractivity contribution in [3.63, 3.8) is 0 Å². The second kappa shape index (κ2) is 4.25. The summed E-state index contributed by atoms with van der Waals surface area (Å²) in [6.45, 7) is 3.54. The summed E-state index contributed by atoms with van der Waals surface area (Å²) in [5.74, 6) is -1.89. The quantitative estimate of drug-likeness (QED) is 0.889. The lowest BCUT2D eigenvalue weighted by atomic mass is 10.1. The van der Waals surface area contributed by atoms with E-state index in [0.717, 1.165) is 6.07 Å². The number of rotatable bonds is 2. The van der Waals surface area contributed by atoms with Gasteiger partial charge < -0.3 is 9.67 Å². The van der Waals surface area contributed by atoms with Gasteiger partial charge in [0.2, 0.25) is 0 Å². The van der Waals surface area contributed by atoms with Crippen LogP contribution in [0.1, 0.15) is 30.2 Å². The molecule has 1 aromatic heterocycles. The van der Waals surface area contributed by atoms with E-state index in [0.29, 0.717) is 5.39 Å². The molecule has 0 bridgehead atoms. The maximum Gasteiger partial charge on any atom is 0.335 e. The van der Waals surface area contributed by atoms with Crippen LogP contribution in [0.5, 0.6) is 0 Å². The highest BCUT2D eigenvalue weighted by atomic mass is 19.1. The monoisotopic (exact) mass is 249 g/mol. The number of nitrogens with zero attached hydrogens (tertiary/aromatic N) is 1. The number of carbonyl (C=O) groups is 1. The van der Waals surface area contributed by atoms with Crippen molar-refractivity contribution in [1.82, 2.24) is 4.57 Å². The lowest BCUT2D eigenvalue weighted by Gasteiger charge is -2.14. The normalized spacial score (nSPS) is 11.1. The number of carboxylic acids is 1. The summed E-state index contributed by atoms with van der Waals surface area (Å²) in [5.41, 5.74) is -0.295. The zero-order valence-electron chi connectivity index (χ0n) is 9.98. The summed E-state index contributed by atoms with van der Waals surface area (Å²) in [6.07, 6.45) is 0. The van der Waals surface area contributed by atoms with E-state index in [-0.39, 0.29) is 22.7 Å². The molecule has 2 aromatic rings. The Morgan fingerprint density at radius 1 is 1.33 bits per heavy atom. The van der Waals surface area contributed by atoms with E-state index in [1.807, 2.05) is 0 Å². The molecule has 0 aliphatic rings. The molecule has 0 saturated heterocycles. The van der Waals surface area contributed by atoms with Crippen LogP contribution in [0.25, 0.3) is 10.9 Å². The van der Waals surface area contributed by atoms with E-state index in [1.54, 1.807) is 13.8 Å². The number of hydrogen-bond donors (Lipinski definition) is 1. The van der Waals surface area contributed by atoms with Crippen LogP contribution in [0, 0.1) is 5.82 Å². The predicted octanol–water partition coefficient (Wildman–Crippen LogP) is 2.42. The summed E-state index contributed by atoms with van der Waals surface area (Å²) < 4.78 is 15.3. The van der Waals surface area contributed by atoms with Crippen molar-refractivity contribution < 1.29 is 14.3 Å². The van der Waals surface area contributed by atoms with Gasteiger partial charge in [0, 0.05) is 17.5 Å². The van der Waals surface area contributed by atoms with Crippen molar-refractivity contribution in [1.29, 1.82) is 0 Å². The number of pyridine rings is 1. The Labute approximate surface area is 102 Å². The van der Waals surface area contributed by atoms with Gasteiger partial charge in [-0.1, -0.05) is 0 Å². The SMILES string of the molecule is CC(C)n1c(=O)ccc2cc(C(=O)O)cc(F)c21. The second-order valence-corrected chi connectivity index (χ2v) is 4.34. The molecule has 1 heterocycles. The van der Waals surface area contributed by atoms with Gasteiger partial charge in [0.25, 0.3) is 5.56 Å². The Balaban J connectivity index is 2.91. The third-order valence-electron chi connectivity index (χ3n) is 2.74. The van der Waals surface area contributed by atoms with Crippen LogP contribution in [0.2, 0.25) is 0 Å². The molecule has 0 aliphatic heterocycles. The van der Waals surface area contributed by atoms with Crippen molar-refractivity contribution in [3.05, 3.63) is 46.0 Å². The number of carboxylic acid groups (broad SMARTS) is 1. The van der Waals surface area contributed by atoms with Crippen LogP contribution in [0.15, 0.2) is 29.1 Å². The topological polar surface area (TPSA) is 59.3 Å². The summed E-state index contributed by atoms with van der Waals surface area (Å²) in [7, 11) is 0. The van der Waals surface area contributed by atoms with Gasteiger partial charge in [-0.25, -0.2) is 9.18 Å². The number of aromatic nitrogens is 1. The fraction of sp³-hybridized carbons (Fsp3) is 0.231. The molecular formula is C13H12FNO3. The van der Waals surface area contributed by atoms with Gasteiger partial charge in [-0.3, -0.25) is 4.79 Å². The second-order valence-electron chi connectivity index (χ2n) is 4.34. The number of hydrogen-bond acceptors (Lipinski definition) is 2. The van der Waals surface area contributed by atoms with Gasteiger partial charge in [0.1, 0.15) is 5.82 Å². The molecule has 0 spiro atoms. The van der Waals surface area contributed by atoms with E-state index in [4.69, 9.17) is 5.11 Å². The van der Waals surface area contributed by atoms with Gasteiger partial charge in [-0.05, 0) is 32.0 Å². The molecule has 0 atom stereocenters. The van der Waals surface area contributed by atoms with Gasteiger partial charge in [-0.2, -0.15) is 0 Å². The zero-order valence-corrected chi connectivity index (χ0v) is 9.98. The summed E-state index contributed by atoms with van der Waals surface area (Å²) in [4.78, 5) is 22.6. The van der Waals surface area contributed by atoms with Crippen molar-refractivity contribution in [2.75, 3.05) is 0 Å². The van der Waals surface area contributed by atoms with E-state index in [9.17, 15) is 14.0 Å². The Kier molecular flexibility index (Phi) is 2.90. The highest BCUT2D eigenvalue weighted by molar-refractivity contribution is 5.93. The molecule has 94 valence electrons. The molecule has 0 radical (unpaired) electrons. The summed E-state index contributed by atoms with van der Waals surface area (Å²) in [5, 5.41) is 9.27. The number of halogens is 1. The molecule has 18 heavy (non-hydrogen) atoms. The minimum absolute atomic E-state index is 0.131. The Morgan fingerprint density at radius 2 is 2.00 bits per heavy atom. The highest BCUT2D eigenvalue weighted by Crippen LogP contribution is 2.21. The van der Waals surface area contributed by atoms with Crippen molar-refractivity contribution in [3.8, 4) is 0 Å². The van der Waals surface area contributed by atoms with Gasteiger partial charge in [0.15, 0.2) is 0 Å². The molecule has 2 rings (SSSR count). The van der Waals surface area contributed by atoms with Crippen molar-refractivity contribution in [2.24, 2.45) is 0 Å². The first-order chi connectivity index (χ1) is 8.41. The zero-order chi connectivity index (χ0) is 13.4. The Hall–Kier alpha value is -2.17.